The number of pyridine rings is 1. The number of anilines is 1. The van der Waals surface area contributed by atoms with Gasteiger partial charge in [-0.15, -0.1) is 0 Å². The van der Waals surface area contributed by atoms with E-state index < -0.39 is 0 Å². The molecule has 0 amide bonds. The minimum Gasteiger partial charge on any atom is -0.481 e. The molecule has 2 atom stereocenters. The van der Waals surface area contributed by atoms with Crippen molar-refractivity contribution in [1.29, 1.82) is 0 Å². The first-order valence-electron chi connectivity index (χ1n) is 11.7. The molecular weight excluding hydrogens is 432 g/mol. The standard InChI is InChI=1S/C26H32N4O4/c1-6-19-24(29-22-17-12-10-9-11-16(17)15-20(22)34-8-3)30(7-2)26(31)23(27-19)18-13-14-21(32-4)28-25(18)33-5/h9-14,20,22,29H,6-8,15H2,1-5H3/t20-,22?/m0/s1. The molecule has 0 bridgehead atoms. The van der Waals surface area contributed by atoms with Crippen molar-refractivity contribution >= 4 is 5.82 Å². The molecule has 1 unspecified atom stereocenters. The number of methoxy groups -OCH3 is 2. The van der Waals surface area contributed by atoms with Crippen LogP contribution in [-0.2, 0) is 24.1 Å². The predicted molar refractivity (Wildman–Crippen MR) is 132 cm³/mol. The number of hydrogen-bond acceptors (Lipinski definition) is 7. The summed E-state index contributed by atoms with van der Waals surface area (Å²) in [6.45, 7) is 7.12. The normalized spacial score (nSPS) is 16.9. The maximum Gasteiger partial charge on any atom is 0.278 e. The molecule has 8 heteroatoms. The van der Waals surface area contributed by atoms with Crippen LogP contribution >= 0.6 is 0 Å². The summed E-state index contributed by atoms with van der Waals surface area (Å²) in [7, 11) is 3.06. The van der Waals surface area contributed by atoms with Crippen molar-refractivity contribution < 1.29 is 14.2 Å². The molecule has 0 saturated heterocycles. The average Bonchev–Trinajstić information content (AvgIpc) is 3.21. The lowest BCUT2D eigenvalue weighted by atomic mass is 10.1. The smallest absolute Gasteiger partial charge is 0.278 e. The van der Waals surface area contributed by atoms with Crippen molar-refractivity contribution in [3.05, 3.63) is 63.6 Å². The van der Waals surface area contributed by atoms with Gasteiger partial charge >= 0.3 is 0 Å². The number of ether oxygens (including phenoxy) is 3. The number of nitrogens with zero attached hydrogens (tertiary/aromatic N) is 3. The number of aryl methyl sites for hydroxylation is 1. The van der Waals surface area contributed by atoms with Gasteiger partial charge in [0.2, 0.25) is 11.8 Å². The number of aromatic nitrogens is 3. The fourth-order valence-corrected chi connectivity index (χ4v) is 4.62. The van der Waals surface area contributed by atoms with E-state index in [1.807, 2.05) is 26.8 Å². The predicted octanol–water partition coefficient (Wildman–Crippen LogP) is 4.02. The second-order valence-corrected chi connectivity index (χ2v) is 8.09. The third-order valence-electron chi connectivity index (χ3n) is 6.24. The monoisotopic (exact) mass is 464 g/mol. The molecular formula is C26H32N4O4. The summed E-state index contributed by atoms with van der Waals surface area (Å²) in [5.74, 6) is 1.44. The van der Waals surface area contributed by atoms with Crippen LogP contribution in [0.15, 0.2) is 41.2 Å². The molecule has 0 saturated carbocycles. The molecule has 2 heterocycles. The fraction of sp³-hybridized carbons (Fsp3) is 0.423. The van der Waals surface area contributed by atoms with E-state index in [0.29, 0.717) is 42.6 Å². The largest absolute Gasteiger partial charge is 0.481 e. The number of hydrogen-bond donors (Lipinski definition) is 1. The minimum absolute atomic E-state index is 0.0157. The molecule has 34 heavy (non-hydrogen) atoms. The van der Waals surface area contributed by atoms with Gasteiger partial charge in [-0.3, -0.25) is 9.36 Å². The van der Waals surface area contributed by atoms with E-state index >= 15 is 0 Å². The van der Waals surface area contributed by atoms with Gasteiger partial charge in [-0.05, 0) is 37.5 Å². The lowest BCUT2D eigenvalue weighted by molar-refractivity contribution is 0.0572. The average molecular weight is 465 g/mol. The fourth-order valence-electron chi connectivity index (χ4n) is 4.62. The quantitative estimate of drug-likeness (QED) is 0.512. The highest BCUT2D eigenvalue weighted by atomic mass is 16.5. The van der Waals surface area contributed by atoms with Crippen molar-refractivity contribution in [2.24, 2.45) is 0 Å². The van der Waals surface area contributed by atoms with Gasteiger partial charge in [-0.2, -0.15) is 4.98 Å². The highest BCUT2D eigenvalue weighted by Gasteiger charge is 2.34. The van der Waals surface area contributed by atoms with E-state index in [2.05, 4.69) is 28.5 Å². The Morgan fingerprint density at radius 2 is 1.85 bits per heavy atom. The zero-order chi connectivity index (χ0) is 24.2. The topological polar surface area (TPSA) is 87.5 Å². The molecule has 1 aliphatic carbocycles. The second kappa shape index (κ2) is 10.3. The summed E-state index contributed by atoms with van der Waals surface area (Å²) in [4.78, 5) is 22.8. The third-order valence-corrected chi connectivity index (χ3v) is 6.24. The van der Waals surface area contributed by atoms with Crippen LogP contribution in [0.2, 0.25) is 0 Å². The van der Waals surface area contributed by atoms with Crippen molar-refractivity contribution in [2.75, 3.05) is 26.1 Å². The Hall–Kier alpha value is -3.39. The molecule has 1 aromatic carbocycles. The summed E-state index contributed by atoms with van der Waals surface area (Å²) in [5.41, 5.74) is 3.91. The van der Waals surface area contributed by atoms with Gasteiger partial charge in [0.25, 0.3) is 5.56 Å². The van der Waals surface area contributed by atoms with Gasteiger partial charge in [-0.1, -0.05) is 31.2 Å². The first-order valence-corrected chi connectivity index (χ1v) is 11.7. The Morgan fingerprint density at radius 3 is 2.53 bits per heavy atom. The molecule has 1 N–H and O–H groups in total. The van der Waals surface area contributed by atoms with Gasteiger partial charge < -0.3 is 19.5 Å². The molecule has 0 fully saturated rings. The molecule has 8 nitrogen and oxygen atoms in total. The van der Waals surface area contributed by atoms with E-state index in [4.69, 9.17) is 19.2 Å². The van der Waals surface area contributed by atoms with Crippen LogP contribution in [-0.4, -0.2) is 41.5 Å². The van der Waals surface area contributed by atoms with Gasteiger partial charge in [0.15, 0.2) is 0 Å². The molecule has 0 spiro atoms. The maximum absolute atomic E-state index is 13.7. The Morgan fingerprint density at radius 1 is 1.06 bits per heavy atom. The summed E-state index contributed by atoms with van der Waals surface area (Å²) >= 11 is 0. The molecule has 3 aromatic rings. The van der Waals surface area contributed by atoms with Gasteiger partial charge in [0, 0.05) is 25.6 Å². The number of fused-ring (bicyclic) bond motifs is 1. The molecule has 2 aromatic heterocycles. The zero-order valence-electron chi connectivity index (χ0n) is 20.4. The number of nitrogens with one attached hydrogen (secondary N) is 1. The van der Waals surface area contributed by atoms with E-state index in [-0.39, 0.29) is 17.7 Å². The van der Waals surface area contributed by atoms with Crippen LogP contribution in [0, 0.1) is 0 Å². The van der Waals surface area contributed by atoms with Gasteiger partial charge in [0.1, 0.15) is 11.5 Å². The number of rotatable bonds is 9. The van der Waals surface area contributed by atoms with Crippen molar-refractivity contribution in [3.63, 3.8) is 0 Å². The van der Waals surface area contributed by atoms with Crippen molar-refractivity contribution in [1.82, 2.24) is 14.5 Å². The molecule has 0 aliphatic heterocycles. The summed E-state index contributed by atoms with van der Waals surface area (Å²) in [5, 5.41) is 3.65. The summed E-state index contributed by atoms with van der Waals surface area (Å²) in [6, 6.07) is 11.8. The number of benzene rings is 1. The summed E-state index contributed by atoms with van der Waals surface area (Å²) < 4.78 is 18.5. The molecule has 0 radical (unpaired) electrons. The van der Waals surface area contributed by atoms with E-state index in [9.17, 15) is 4.79 Å². The zero-order valence-corrected chi connectivity index (χ0v) is 20.4. The lowest BCUT2D eigenvalue weighted by Gasteiger charge is -2.26. The van der Waals surface area contributed by atoms with Crippen LogP contribution in [0.1, 0.15) is 43.6 Å². The first-order chi connectivity index (χ1) is 16.6. The maximum atomic E-state index is 13.7. The van der Waals surface area contributed by atoms with Gasteiger partial charge in [0.05, 0.1) is 37.6 Å². The van der Waals surface area contributed by atoms with Crippen molar-refractivity contribution in [2.45, 2.75) is 52.3 Å². The minimum atomic E-state index is -0.202. The van der Waals surface area contributed by atoms with Crippen LogP contribution in [0.4, 0.5) is 5.82 Å². The molecule has 4 rings (SSSR count). The van der Waals surface area contributed by atoms with Gasteiger partial charge in [-0.25, -0.2) is 4.98 Å². The lowest BCUT2D eigenvalue weighted by Crippen LogP contribution is -2.32. The van der Waals surface area contributed by atoms with E-state index in [1.54, 1.807) is 16.7 Å². The van der Waals surface area contributed by atoms with E-state index in [1.165, 1.54) is 25.3 Å². The van der Waals surface area contributed by atoms with Crippen LogP contribution in [0.5, 0.6) is 11.8 Å². The van der Waals surface area contributed by atoms with Crippen LogP contribution in [0.3, 0.4) is 0 Å². The van der Waals surface area contributed by atoms with Crippen LogP contribution in [0.25, 0.3) is 11.3 Å². The Bertz CT molecular complexity index is 1220. The SMILES string of the molecule is CCO[C@H]1Cc2ccccc2C1Nc1c(CC)nc(-c2ccc(OC)nc2OC)c(=O)n1CC. The third kappa shape index (κ3) is 4.25. The van der Waals surface area contributed by atoms with E-state index in [0.717, 1.165) is 17.9 Å². The van der Waals surface area contributed by atoms with Crippen LogP contribution < -0.4 is 20.3 Å². The Kier molecular flexibility index (Phi) is 7.17. The Labute approximate surface area is 199 Å². The summed E-state index contributed by atoms with van der Waals surface area (Å²) in [6.07, 6.45) is 1.47. The highest BCUT2D eigenvalue weighted by Crippen LogP contribution is 2.37. The molecule has 1 aliphatic rings. The molecule has 180 valence electrons. The Balaban J connectivity index is 1.83. The highest BCUT2D eigenvalue weighted by molar-refractivity contribution is 5.66. The first kappa shape index (κ1) is 23.8. The van der Waals surface area contributed by atoms with Crippen molar-refractivity contribution in [3.8, 4) is 23.0 Å². The second-order valence-electron chi connectivity index (χ2n) is 8.09.